The van der Waals surface area contributed by atoms with Crippen LogP contribution < -0.4 is 21.9 Å². The molecule has 152 valence electrons. The van der Waals surface area contributed by atoms with E-state index in [-0.39, 0.29) is 51.5 Å². The van der Waals surface area contributed by atoms with Crippen LogP contribution in [0.1, 0.15) is 11.3 Å². The predicted molar refractivity (Wildman–Crippen MR) is 103 cm³/mol. The summed E-state index contributed by atoms with van der Waals surface area (Å²) in [5, 5.41) is 22.1. The Hall–Kier alpha value is -3.12. The Morgan fingerprint density at radius 3 is 2.76 bits per heavy atom. The molecule has 10 nitrogen and oxygen atoms in total. The second-order valence-electron chi connectivity index (χ2n) is 5.81. The SMILES string of the molecule is Nc1c(NCCS(=O)c2nonc2C(Cc2ccc(F)c(Cl)c2)=NO)c(=O)c1=O. The number of nitrogens with two attached hydrogens (primary N) is 1. The average Bonchev–Trinajstić information content (AvgIpc) is 3.20. The highest BCUT2D eigenvalue weighted by atomic mass is 35.5. The second-order valence-corrected chi connectivity index (χ2v) is 7.71. The van der Waals surface area contributed by atoms with Gasteiger partial charge in [0.05, 0.1) is 15.8 Å². The number of oxime groups is 1. The van der Waals surface area contributed by atoms with Gasteiger partial charge < -0.3 is 16.3 Å². The van der Waals surface area contributed by atoms with Crippen LogP contribution in [0.15, 0.2) is 42.6 Å². The smallest absolute Gasteiger partial charge is 0.253 e. The van der Waals surface area contributed by atoms with Crippen molar-refractivity contribution in [2.45, 2.75) is 11.4 Å². The first-order valence-electron chi connectivity index (χ1n) is 8.02. The van der Waals surface area contributed by atoms with Crippen LogP contribution in [0.3, 0.4) is 0 Å². The third kappa shape index (κ3) is 4.17. The molecule has 0 spiro atoms. The lowest BCUT2D eigenvalue weighted by molar-refractivity contribution is 0.296. The Bertz CT molecular complexity index is 1190. The van der Waals surface area contributed by atoms with E-state index in [1.165, 1.54) is 12.1 Å². The molecule has 0 bridgehead atoms. The summed E-state index contributed by atoms with van der Waals surface area (Å²) in [6, 6.07) is 3.95. The second kappa shape index (κ2) is 8.49. The van der Waals surface area contributed by atoms with Crippen LogP contribution in [0.5, 0.6) is 0 Å². The summed E-state index contributed by atoms with van der Waals surface area (Å²) in [5.74, 6) is -0.627. The molecule has 1 unspecified atom stereocenters. The van der Waals surface area contributed by atoms with E-state index in [9.17, 15) is 23.4 Å². The summed E-state index contributed by atoms with van der Waals surface area (Å²) in [7, 11) is -1.75. The lowest BCUT2D eigenvalue weighted by Crippen LogP contribution is -2.37. The maximum Gasteiger partial charge on any atom is 0.253 e. The maximum atomic E-state index is 13.3. The minimum absolute atomic E-state index is 0.00675. The third-order valence-corrected chi connectivity index (χ3v) is 5.52. The van der Waals surface area contributed by atoms with E-state index in [1.54, 1.807) is 0 Å². The van der Waals surface area contributed by atoms with Gasteiger partial charge in [0.2, 0.25) is 5.03 Å². The lowest BCUT2D eigenvalue weighted by atomic mass is 10.1. The van der Waals surface area contributed by atoms with Crippen molar-refractivity contribution < 1.29 is 18.4 Å². The number of hydrogen-bond donors (Lipinski definition) is 3. The van der Waals surface area contributed by atoms with Crippen molar-refractivity contribution in [3.8, 4) is 0 Å². The van der Waals surface area contributed by atoms with Gasteiger partial charge in [0.1, 0.15) is 22.9 Å². The highest BCUT2D eigenvalue weighted by Crippen LogP contribution is 2.19. The number of aromatic nitrogens is 2. The fourth-order valence-corrected chi connectivity index (χ4v) is 3.64. The number of benzene rings is 1. The van der Waals surface area contributed by atoms with E-state index in [4.69, 9.17) is 17.3 Å². The molecule has 0 radical (unpaired) electrons. The molecule has 4 N–H and O–H groups in total. The van der Waals surface area contributed by atoms with Crippen LogP contribution in [-0.4, -0.2) is 37.7 Å². The number of halogens is 2. The van der Waals surface area contributed by atoms with Gasteiger partial charge in [0.15, 0.2) is 5.69 Å². The van der Waals surface area contributed by atoms with Crippen LogP contribution in [0, 0.1) is 5.82 Å². The van der Waals surface area contributed by atoms with Crippen LogP contribution >= 0.6 is 11.6 Å². The largest absolute Gasteiger partial charge is 0.411 e. The minimum Gasteiger partial charge on any atom is -0.411 e. The molecule has 13 heteroatoms. The number of nitrogens with zero attached hydrogens (tertiary/aromatic N) is 3. The molecule has 1 atom stereocenters. The van der Waals surface area contributed by atoms with Crippen LogP contribution in [0.25, 0.3) is 0 Å². The van der Waals surface area contributed by atoms with Crippen molar-refractivity contribution in [3.05, 3.63) is 60.7 Å². The Labute approximate surface area is 169 Å². The van der Waals surface area contributed by atoms with Gasteiger partial charge in [-0.2, -0.15) is 0 Å². The molecule has 0 fully saturated rings. The van der Waals surface area contributed by atoms with Crippen LogP contribution in [-0.2, 0) is 17.2 Å². The molecule has 3 aromatic rings. The van der Waals surface area contributed by atoms with Gasteiger partial charge in [-0.25, -0.2) is 9.02 Å². The van der Waals surface area contributed by atoms with Crippen LogP contribution in [0.2, 0.25) is 5.02 Å². The zero-order valence-corrected chi connectivity index (χ0v) is 16.1. The van der Waals surface area contributed by atoms with E-state index in [1.807, 2.05) is 0 Å². The molecule has 29 heavy (non-hydrogen) atoms. The van der Waals surface area contributed by atoms with Gasteiger partial charge in [-0.05, 0) is 28.0 Å². The molecule has 0 saturated carbocycles. The van der Waals surface area contributed by atoms with Gasteiger partial charge >= 0.3 is 0 Å². The molecule has 0 aliphatic rings. The molecule has 0 amide bonds. The van der Waals surface area contributed by atoms with Crippen molar-refractivity contribution in [3.63, 3.8) is 0 Å². The molecule has 2 aromatic carbocycles. The summed E-state index contributed by atoms with van der Waals surface area (Å²) in [4.78, 5) is 22.4. The summed E-state index contributed by atoms with van der Waals surface area (Å²) in [5.41, 5.74) is 4.18. The van der Waals surface area contributed by atoms with Crippen LogP contribution in [0.4, 0.5) is 15.8 Å². The van der Waals surface area contributed by atoms with Gasteiger partial charge in [-0.15, -0.1) is 0 Å². The lowest BCUT2D eigenvalue weighted by Gasteiger charge is -2.09. The zero-order valence-electron chi connectivity index (χ0n) is 14.5. The monoisotopic (exact) mass is 441 g/mol. The van der Waals surface area contributed by atoms with Crippen molar-refractivity contribution in [1.82, 2.24) is 10.3 Å². The molecule has 1 aromatic heterocycles. The number of nitrogens with one attached hydrogen (secondary N) is 1. The first-order valence-corrected chi connectivity index (χ1v) is 9.72. The van der Waals surface area contributed by atoms with Gasteiger partial charge in [0, 0.05) is 18.7 Å². The molecule has 0 aliphatic carbocycles. The van der Waals surface area contributed by atoms with E-state index in [0.717, 1.165) is 6.07 Å². The van der Waals surface area contributed by atoms with Gasteiger partial charge in [0.25, 0.3) is 10.9 Å². The highest BCUT2D eigenvalue weighted by Gasteiger charge is 2.23. The molecule has 0 saturated heterocycles. The fourth-order valence-electron chi connectivity index (χ4n) is 2.47. The summed E-state index contributed by atoms with van der Waals surface area (Å²) < 4.78 is 30.4. The Kier molecular flexibility index (Phi) is 6.03. The zero-order chi connectivity index (χ0) is 21.1. The Morgan fingerprint density at radius 1 is 1.34 bits per heavy atom. The number of hydrogen-bond acceptors (Lipinski definition) is 10. The topological polar surface area (TPSA) is 161 Å². The molecule has 1 heterocycles. The van der Waals surface area contributed by atoms with Gasteiger partial charge in [-0.3, -0.25) is 13.8 Å². The Morgan fingerprint density at radius 2 is 2.10 bits per heavy atom. The average molecular weight is 442 g/mol. The summed E-state index contributed by atoms with van der Waals surface area (Å²) in [6.07, 6.45) is -0.00675. The summed E-state index contributed by atoms with van der Waals surface area (Å²) >= 11 is 5.74. The van der Waals surface area contributed by atoms with Crippen molar-refractivity contribution in [2.75, 3.05) is 23.3 Å². The van der Waals surface area contributed by atoms with Gasteiger partial charge in [-0.1, -0.05) is 22.8 Å². The number of rotatable bonds is 8. The highest BCUT2D eigenvalue weighted by molar-refractivity contribution is 7.85. The van der Waals surface area contributed by atoms with Crippen molar-refractivity contribution in [2.24, 2.45) is 5.16 Å². The standard InChI is InChI=1S/C16H13ClFN5O5S/c17-8-5-7(1-2-9(8)18)6-10(21-26)12-16(23-28-22-12)29(27)4-3-20-13-11(19)14(24)15(13)25/h1-2,5,20,26H,3-4,6,19H2. The first-order chi connectivity index (χ1) is 13.8. The summed E-state index contributed by atoms with van der Waals surface area (Å²) in [6.45, 7) is 0.0487. The Balaban J connectivity index is 1.69. The molecule has 3 rings (SSSR count). The third-order valence-electron chi connectivity index (χ3n) is 3.96. The van der Waals surface area contributed by atoms with E-state index >= 15 is 0 Å². The number of anilines is 2. The normalized spacial score (nSPS) is 13.0. The fraction of sp³-hybridized carbons (Fsp3) is 0.188. The molecular weight excluding hydrogens is 429 g/mol. The van der Waals surface area contributed by atoms with E-state index < -0.39 is 27.5 Å². The number of nitrogen functional groups attached to an aromatic ring is 1. The van der Waals surface area contributed by atoms with E-state index in [2.05, 4.69) is 25.4 Å². The minimum atomic E-state index is -1.75. The molecule has 0 aliphatic heterocycles. The van der Waals surface area contributed by atoms with Crippen molar-refractivity contribution >= 4 is 39.5 Å². The molecular formula is C16H13ClFN5O5S. The van der Waals surface area contributed by atoms with E-state index in [0.29, 0.717) is 5.56 Å². The maximum absolute atomic E-state index is 13.3. The van der Waals surface area contributed by atoms with Crippen molar-refractivity contribution in [1.29, 1.82) is 0 Å². The quantitative estimate of drug-likeness (QED) is 0.197. The predicted octanol–water partition coefficient (Wildman–Crippen LogP) is 0.681. The first kappa shape index (κ1) is 20.6.